The van der Waals surface area contributed by atoms with Crippen LogP contribution in [0.2, 0.25) is 0 Å². The molecule has 0 aromatic heterocycles. The molecule has 15 heavy (non-hydrogen) atoms. The summed E-state index contributed by atoms with van der Waals surface area (Å²) in [4.78, 5) is 22.2. The Morgan fingerprint density at radius 3 is 2.13 bits per heavy atom. The lowest BCUT2D eigenvalue weighted by molar-refractivity contribution is -0.128. The molecule has 0 aliphatic carbocycles. The smallest absolute Gasteiger partial charge is 0.240 e. The number of aliphatic hydroxyl groups excluding tert-OH is 1. The minimum Gasteiger partial charge on any atom is -0.391 e. The lowest BCUT2D eigenvalue weighted by Gasteiger charge is -2.22. The van der Waals surface area contributed by atoms with E-state index in [4.69, 9.17) is 0 Å². The molecule has 2 atom stereocenters. The van der Waals surface area contributed by atoms with E-state index in [1.807, 2.05) is 13.8 Å². The van der Waals surface area contributed by atoms with Gasteiger partial charge in [0.05, 0.1) is 12.6 Å². The topological polar surface area (TPSA) is 78.4 Å². The van der Waals surface area contributed by atoms with Crippen molar-refractivity contribution in [3.05, 3.63) is 0 Å². The van der Waals surface area contributed by atoms with Crippen molar-refractivity contribution in [1.82, 2.24) is 10.6 Å². The summed E-state index contributed by atoms with van der Waals surface area (Å²) in [6.07, 6.45) is -0.792. The normalized spacial score (nSPS) is 14.8. The molecule has 0 saturated heterocycles. The van der Waals surface area contributed by atoms with Gasteiger partial charge in [-0.15, -0.1) is 0 Å². The predicted octanol–water partition coefficient (Wildman–Crippen LogP) is -0.561. The Kier molecular flexibility index (Phi) is 6.12. The van der Waals surface area contributed by atoms with Crippen molar-refractivity contribution in [2.75, 3.05) is 6.54 Å². The molecule has 0 heterocycles. The van der Waals surface area contributed by atoms with E-state index in [9.17, 15) is 14.7 Å². The van der Waals surface area contributed by atoms with Crippen molar-refractivity contribution in [3.63, 3.8) is 0 Å². The van der Waals surface area contributed by atoms with Crippen LogP contribution in [0, 0.1) is 0 Å². The molecule has 1 amide bonds. The van der Waals surface area contributed by atoms with E-state index in [0.29, 0.717) is 0 Å². The van der Waals surface area contributed by atoms with E-state index < -0.39 is 12.1 Å². The SMILES string of the molecule is CC(=O)CNC(=O)[C@@H](NC(C)C)C(C)O. The van der Waals surface area contributed by atoms with Crippen molar-refractivity contribution in [2.24, 2.45) is 0 Å². The number of nitrogens with one attached hydrogen (secondary N) is 2. The summed E-state index contributed by atoms with van der Waals surface area (Å²) in [6.45, 7) is 6.70. The van der Waals surface area contributed by atoms with Gasteiger partial charge in [0.1, 0.15) is 11.8 Å². The molecule has 0 aliphatic rings. The molecule has 0 saturated carbocycles. The first kappa shape index (κ1) is 14.1. The molecule has 0 aliphatic heterocycles. The second-order valence-electron chi connectivity index (χ2n) is 3.96. The summed E-state index contributed by atoms with van der Waals surface area (Å²) in [5.41, 5.74) is 0. The molecule has 0 spiro atoms. The number of carbonyl (C=O) groups is 2. The molecule has 0 bridgehead atoms. The molecular weight excluding hydrogens is 196 g/mol. The van der Waals surface area contributed by atoms with E-state index in [1.165, 1.54) is 13.8 Å². The number of carbonyl (C=O) groups excluding carboxylic acids is 2. The van der Waals surface area contributed by atoms with Crippen molar-refractivity contribution in [3.8, 4) is 0 Å². The van der Waals surface area contributed by atoms with Crippen LogP contribution in [0.4, 0.5) is 0 Å². The maximum Gasteiger partial charge on any atom is 0.240 e. The molecule has 0 aromatic rings. The van der Waals surface area contributed by atoms with E-state index in [1.54, 1.807) is 0 Å². The fourth-order valence-electron chi connectivity index (χ4n) is 1.11. The first-order chi connectivity index (χ1) is 6.84. The van der Waals surface area contributed by atoms with Gasteiger partial charge in [-0.3, -0.25) is 9.59 Å². The van der Waals surface area contributed by atoms with Gasteiger partial charge >= 0.3 is 0 Å². The van der Waals surface area contributed by atoms with Gasteiger partial charge in [0.2, 0.25) is 5.91 Å². The summed E-state index contributed by atoms with van der Waals surface area (Å²) in [5.74, 6) is -0.467. The Morgan fingerprint density at radius 2 is 1.80 bits per heavy atom. The number of ketones is 1. The first-order valence-electron chi connectivity index (χ1n) is 5.05. The minimum absolute atomic E-state index is 0.00181. The molecule has 0 radical (unpaired) electrons. The highest BCUT2D eigenvalue weighted by molar-refractivity contribution is 5.87. The number of amides is 1. The van der Waals surface area contributed by atoms with Crippen LogP contribution in [0.15, 0.2) is 0 Å². The Balaban J connectivity index is 4.23. The largest absolute Gasteiger partial charge is 0.391 e. The summed E-state index contributed by atoms with van der Waals surface area (Å²) in [6, 6.07) is -0.586. The molecule has 3 N–H and O–H groups in total. The molecule has 5 heteroatoms. The van der Waals surface area contributed by atoms with Crippen LogP contribution >= 0.6 is 0 Å². The van der Waals surface area contributed by atoms with Gasteiger partial charge in [-0.2, -0.15) is 0 Å². The van der Waals surface area contributed by atoms with E-state index in [2.05, 4.69) is 10.6 Å². The Morgan fingerprint density at radius 1 is 1.27 bits per heavy atom. The number of aliphatic hydroxyl groups is 1. The highest BCUT2D eigenvalue weighted by atomic mass is 16.3. The van der Waals surface area contributed by atoms with Gasteiger partial charge in [0.25, 0.3) is 0 Å². The van der Waals surface area contributed by atoms with Crippen LogP contribution in [-0.4, -0.2) is 41.5 Å². The van der Waals surface area contributed by atoms with E-state index in [0.717, 1.165) is 0 Å². The van der Waals surface area contributed by atoms with E-state index in [-0.39, 0.29) is 24.3 Å². The van der Waals surface area contributed by atoms with Gasteiger partial charge < -0.3 is 15.7 Å². The van der Waals surface area contributed by atoms with Crippen LogP contribution in [0.25, 0.3) is 0 Å². The summed E-state index contributed by atoms with van der Waals surface area (Å²) >= 11 is 0. The Labute approximate surface area is 90.2 Å². The van der Waals surface area contributed by atoms with Gasteiger partial charge in [-0.25, -0.2) is 0 Å². The van der Waals surface area contributed by atoms with Crippen LogP contribution in [0.5, 0.6) is 0 Å². The zero-order valence-corrected chi connectivity index (χ0v) is 9.70. The van der Waals surface area contributed by atoms with Gasteiger partial charge in [-0.1, -0.05) is 13.8 Å². The van der Waals surface area contributed by atoms with Crippen LogP contribution in [0.3, 0.4) is 0 Å². The third-order valence-electron chi connectivity index (χ3n) is 1.79. The van der Waals surface area contributed by atoms with Crippen molar-refractivity contribution in [2.45, 2.75) is 45.9 Å². The van der Waals surface area contributed by atoms with Gasteiger partial charge in [0, 0.05) is 6.04 Å². The molecule has 88 valence electrons. The predicted molar refractivity (Wildman–Crippen MR) is 57.4 cm³/mol. The zero-order chi connectivity index (χ0) is 12.0. The number of Topliss-reactive ketones (excluding diaryl/α,β-unsaturated/α-hetero) is 1. The number of hydrogen-bond donors (Lipinski definition) is 3. The second-order valence-corrected chi connectivity index (χ2v) is 3.96. The lowest BCUT2D eigenvalue weighted by atomic mass is 10.1. The third-order valence-corrected chi connectivity index (χ3v) is 1.79. The van der Waals surface area contributed by atoms with Gasteiger partial charge in [-0.05, 0) is 13.8 Å². The Hall–Kier alpha value is -0.940. The molecule has 0 fully saturated rings. The molecule has 0 aromatic carbocycles. The van der Waals surface area contributed by atoms with Gasteiger partial charge in [0.15, 0.2) is 0 Å². The number of hydrogen-bond acceptors (Lipinski definition) is 4. The summed E-state index contributed by atoms with van der Waals surface area (Å²) < 4.78 is 0. The fourth-order valence-corrected chi connectivity index (χ4v) is 1.11. The highest BCUT2D eigenvalue weighted by Crippen LogP contribution is 1.95. The fraction of sp³-hybridized carbons (Fsp3) is 0.800. The van der Waals surface area contributed by atoms with Crippen molar-refractivity contribution >= 4 is 11.7 Å². The van der Waals surface area contributed by atoms with Crippen LogP contribution in [-0.2, 0) is 9.59 Å². The average molecular weight is 216 g/mol. The van der Waals surface area contributed by atoms with E-state index >= 15 is 0 Å². The average Bonchev–Trinajstić information content (AvgIpc) is 2.09. The standard InChI is InChI=1S/C10H20N2O3/c1-6(2)12-9(8(4)14)10(15)11-5-7(3)13/h6,8-9,12,14H,5H2,1-4H3,(H,11,15)/t8?,9-/m0/s1. The Bertz CT molecular complexity index is 227. The summed E-state index contributed by atoms with van der Waals surface area (Å²) in [7, 11) is 0. The maximum atomic E-state index is 11.5. The highest BCUT2D eigenvalue weighted by Gasteiger charge is 2.23. The lowest BCUT2D eigenvalue weighted by Crippen LogP contribution is -2.53. The molecule has 0 rings (SSSR count). The quantitative estimate of drug-likeness (QED) is 0.556. The van der Waals surface area contributed by atoms with Crippen LogP contribution < -0.4 is 10.6 Å². The second kappa shape index (κ2) is 6.53. The maximum absolute atomic E-state index is 11.5. The monoisotopic (exact) mass is 216 g/mol. The molecular formula is C10H20N2O3. The third kappa shape index (κ3) is 6.19. The molecule has 5 nitrogen and oxygen atoms in total. The molecule has 1 unspecified atom stereocenters. The zero-order valence-electron chi connectivity index (χ0n) is 9.70. The number of rotatable bonds is 6. The summed E-state index contributed by atoms with van der Waals surface area (Å²) in [5, 5.41) is 14.8. The van der Waals surface area contributed by atoms with Crippen LogP contribution in [0.1, 0.15) is 27.7 Å². The van der Waals surface area contributed by atoms with Crippen molar-refractivity contribution < 1.29 is 14.7 Å². The first-order valence-corrected chi connectivity index (χ1v) is 5.05. The van der Waals surface area contributed by atoms with Crippen molar-refractivity contribution in [1.29, 1.82) is 0 Å². The minimum atomic E-state index is -0.792.